The predicted octanol–water partition coefficient (Wildman–Crippen LogP) is 2.86. The highest BCUT2D eigenvalue weighted by Crippen LogP contribution is 2.23. The molecule has 6 nitrogen and oxygen atoms in total. The second kappa shape index (κ2) is 7.85. The van der Waals surface area contributed by atoms with E-state index in [1.54, 1.807) is 19.1 Å². The van der Waals surface area contributed by atoms with Gasteiger partial charge in [0, 0.05) is 24.0 Å². The molecule has 1 N–H and O–H groups in total. The summed E-state index contributed by atoms with van der Waals surface area (Å²) in [5.41, 5.74) is 1.93. The van der Waals surface area contributed by atoms with Gasteiger partial charge in [0.1, 0.15) is 0 Å². The summed E-state index contributed by atoms with van der Waals surface area (Å²) in [5, 5.41) is 5.67. The number of carbonyl (C=O) groups excluding carboxylic acids is 1. The molecule has 0 saturated carbocycles. The molecule has 1 aliphatic rings. The SMILES string of the molecule is Cc1nc(CNC(=O)c2cc(S(=O)(=O)N3CCCCC3)ccc2C)cs1. The summed E-state index contributed by atoms with van der Waals surface area (Å²) < 4.78 is 27.2. The van der Waals surface area contributed by atoms with Crippen molar-refractivity contribution in [2.24, 2.45) is 0 Å². The van der Waals surface area contributed by atoms with E-state index in [0.29, 0.717) is 25.2 Å². The van der Waals surface area contributed by atoms with Crippen LogP contribution in [0.25, 0.3) is 0 Å². The lowest BCUT2D eigenvalue weighted by atomic mass is 10.1. The number of hydrogen-bond acceptors (Lipinski definition) is 5. The Morgan fingerprint density at radius 3 is 2.62 bits per heavy atom. The third kappa shape index (κ3) is 4.13. The highest BCUT2D eigenvalue weighted by atomic mass is 32.2. The molecule has 1 amide bonds. The minimum Gasteiger partial charge on any atom is -0.346 e. The Morgan fingerprint density at radius 1 is 1.23 bits per heavy atom. The van der Waals surface area contributed by atoms with Crippen LogP contribution in [0.1, 0.15) is 45.9 Å². The maximum absolute atomic E-state index is 12.8. The molecule has 0 radical (unpaired) electrons. The van der Waals surface area contributed by atoms with Gasteiger partial charge in [0.2, 0.25) is 10.0 Å². The van der Waals surface area contributed by atoms with E-state index in [9.17, 15) is 13.2 Å². The van der Waals surface area contributed by atoms with Crippen molar-refractivity contribution in [1.29, 1.82) is 0 Å². The number of rotatable bonds is 5. The molecule has 1 fully saturated rings. The van der Waals surface area contributed by atoms with Gasteiger partial charge in [-0.2, -0.15) is 4.31 Å². The normalized spacial score (nSPS) is 15.8. The topological polar surface area (TPSA) is 79.4 Å². The van der Waals surface area contributed by atoms with E-state index in [4.69, 9.17) is 0 Å². The Balaban J connectivity index is 1.79. The van der Waals surface area contributed by atoms with Crippen molar-refractivity contribution in [3.8, 4) is 0 Å². The van der Waals surface area contributed by atoms with E-state index in [1.165, 1.54) is 21.7 Å². The number of amides is 1. The lowest BCUT2D eigenvalue weighted by Crippen LogP contribution is -2.35. The van der Waals surface area contributed by atoms with E-state index >= 15 is 0 Å². The molecular formula is C18H23N3O3S2. The highest BCUT2D eigenvalue weighted by Gasteiger charge is 2.27. The molecule has 1 aromatic carbocycles. The summed E-state index contributed by atoms with van der Waals surface area (Å²) in [4.78, 5) is 17.1. The summed E-state index contributed by atoms with van der Waals surface area (Å²) in [5.74, 6) is -0.288. The summed E-state index contributed by atoms with van der Waals surface area (Å²) in [7, 11) is -3.56. The number of aryl methyl sites for hydroxylation is 2. The van der Waals surface area contributed by atoms with Crippen LogP contribution in [-0.2, 0) is 16.6 Å². The quantitative estimate of drug-likeness (QED) is 0.847. The van der Waals surface area contributed by atoms with E-state index in [-0.39, 0.29) is 10.8 Å². The van der Waals surface area contributed by atoms with Crippen molar-refractivity contribution >= 4 is 27.3 Å². The second-order valence-electron chi connectivity index (χ2n) is 6.48. The largest absolute Gasteiger partial charge is 0.346 e. The van der Waals surface area contributed by atoms with Gasteiger partial charge in [0.15, 0.2) is 0 Å². The van der Waals surface area contributed by atoms with Crippen molar-refractivity contribution in [3.63, 3.8) is 0 Å². The Bertz CT molecular complexity index is 900. The van der Waals surface area contributed by atoms with E-state index in [2.05, 4.69) is 10.3 Å². The Morgan fingerprint density at radius 2 is 1.96 bits per heavy atom. The monoisotopic (exact) mass is 393 g/mol. The van der Waals surface area contributed by atoms with Gasteiger partial charge < -0.3 is 5.32 Å². The number of sulfonamides is 1. The molecule has 0 unspecified atom stereocenters. The smallest absolute Gasteiger partial charge is 0.251 e. The number of carbonyl (C=O) groups is 1. The molecule has 1 aliphatic heterocycles. The van der Waals surface area contributed by atoms with E-state index in [0.717, 1.165) is 35.5 Å². The second-order valence-corrected chi connectivity index (χ2v) is 9.48. The summed E-state index contributed by atoms with van der Waals surface area (Å²) in [6, 6.07) is 4.76. The predicted molar refractivity (Wildman–Crippen MR) is 102 cm³/mol. The van der Waals surface area contributed by atoms with Crippen LogP contribution in [-0.4, -0.2) is 36.7 Å². The maximum atomic E-state index is 12.8. The number of nitrogens with one attached hydrogen (secondary N) is 1. The van der Waals surface area contributed by atoms with Crippen molar-refractivity contribution in [2.75, 3.05) is 13.1 Å². The zero-order chi connectivity index (χ0) is 18.7. The number of benzene rings is 1. The molecule has 0 aliphatic carbocycles. The van der Waals surface area contributed by atoms with Gasteiger partial charge in [0.25, 0.3) is 5.91 Å². The zero-order valence-corrected chi connectivity index (χ0v) is 16.6. The molecular weight excluding hydrogens is 370 g/mol. The molecule has 1 aromatic heterocycles. The zero-order valence-electron chi connectivity index (χ0n) is 15.0. The molecule has 0 spiro atoms. The van der Waals surface area contributed by atoms with Gasteiger partial charge in [-0.3, -0.25) is 4.79 Å². The van der Waals surface area contributed by atoms with Gasteiger partial charge in [-0.1, -0.05) is 12.5 Å². The number of thiazole rings is 1. The fourth-order valence-corrected chi connectivity index (χ4v) is 5.17. The first-order chi connectivity index (χ1) is 12.4. The van der Waals surface area contributed by atoms with E-state index in [1.807, 2.05) is 12.3 Å². The number of aromatic nitrogens is 1. The first-order valence-electron chi connectivity index (χ1n) is 8.68. The summed E-state index contributed by atoms with van der Waals surface area (Å²) in [6.07, 6.45) is 2.82. The van der Waals surface area contributed by atoms with Gasteiger partial charge in [-0.05, 0) is 44.4 Å². The summed E-state index contributed by atoms with van der Waals surface area (Å²) in [6.45, 7) is 5.13. The minimum absolute atomic E-state index is 0.180. The Kier molecular flexibility index (Phi) is 5.74. The average Bonchev–Trinajstić information content (AvgIpc) is 3.06. The highest BCUT2D eigenvalue weighted by molar-refractivity contribution is 7.89. The molecule has 3 rings (SSSR count). The van der Waals surface area contributed by atoms with Crippen LogP contribution >= 0.6 is 11.3 Å². The Labute approximate surface area is 158 Å². The van der Waals surface area contributed by atoms with Crippen LogP contribution < -0.4 is 5.32 Å². The van der Waals surface area contributed by atoms with Gasteiger partial charge >= 0.3 is 0 Å². The Hall–Kier alpha value is -1.77. The van der Waals surface area contributed by atoms with Crippen molar-refractivity contribution in [1.82, 2.24) is 14.6 Å². The molecule has 8 heteroatoms. The number of piperidine rings is 1. The number of nitrogens with zero attached hydrogens (tertiary/aromatic N) is 2. The fraction of sp³-hybridized carbons (Fsp3) is 0.444. The average molecular weight is 394 g/mol. The van der Waals surface area contributed by atoms with Gasteiger partial charge in [-0.25, -0.2) is 13.4 Å². The number of hydrogen-bond donors (Lipinski definition) is 1. The van der Waals surface area contributed by atoms with Crippen molar-refractivity contribution in [3.05, 3.63) is 45.4 Å². The fourth-order valence-electron chi connectivity index (χ4n) is 3.02. The van der Waals surface area contributed by atoms with Crippen molar-refractivity contribution in [2.45, 2.75) is 44.6 Å². The lowest BCUT2D eigenvalue weighted by Gasteiger charge is -2.26. The van der Waals surface area contributed by atoms with Crippen LogP contribution in [0.2, 0.25) is 0 Å². The standard InChI is InChI=1S/C18H23N3O3S2/c1-13-6-7-16(26(23,24)21-8-4-3-5-9-21)10-17(13)18(22)19-11-15-12-25-14(2)20-15/h6-7,10,12H,3-5,8-9,11H2,1-2H3,(H,19,22). The van der Waals surface area contributed by atoms with Crippen LogP contribution in [0.4, 0.5) is 0 Å². The molecule has 26 heavy (non-hydrogen) atoms. The van der Waals surface area contributed by atoms with Crippen LogP contribution in [0.5, 0.6) is 0 Å². The molecule has 2 aromatic rings. The van der Waals surface area contributed by atoms with Gasteiger partial charge in [-0.15, -0.1) is 11.3 Å². The lowest BCUT2D eigenvalue weighted by molar-refractivity contribution is 0.0949. The van der Waals surface area contributed by atoms with E-state index < -0.39 is 10.0 Å². The molecule has 0 atom stereocenters. The molecule has 2 heterocycles. The first kappa shape index (κ1) is 19.0. The van der Waals surface area contributed by atoms with Gasteiger partial charge in [0.05, 0.1) is 22.1 Å². The molecule has 140 valence electrons. The van der Waals surface area contributed by atoms with Crippen LogP contribution in [0, 0.1) is 13.8 Å². The third-order valence-corrected chi connectivity index (χ3v) is 7.22. The minimum atomic E-state index is -3.56. The maximum Gasteiger partial charge on any atom is 0.251 e. The summed E-state index contributed by atoms with van der Waals surface area (Å²) >= 11 is 1.53. The van der Waals surface area contributed by atoms with Crippen molar-refractivity contribution < 1.29 is 13.2 Å². The first-order valence-corrected chi connectivity index (χ1v) is 11.0. The molecule has 1 saturated heterocycles. The van der Waals surface area contributed by atoms with Crippen LogP contribution in [0.3, 0.4) is 0 Å². The third-order valence-electron chi connectivity index (χ3n) is 4.50. The molecule has 0 bridgehead atoms. The van der Waals surface area contributed by atoms with Crippen LogP contribution in [0.15, 0.2) is 28.5 Å².